The van der Waals surface area contributed by atoms with Gasteiger partial charge in [-0.2, -0.15) is 0 Å². The van der Waals surface area contributed by atoms with Crippen molar-refractivity contribution < 1.29 is 14.4 Å². The molecule has 5 nitrogen and oxygen atoms in total. The lowest BCUT2D eigenvalue weighted by atomic mass is 10.1. The van der Waals surface area contributed by atoms with Gasteiger partial charge in [0, 0.05) is 12.6 Å². The van der Waals surface area contributed by atoms with Gasteiger partial charge in [0.25, 0.3) is 0 Å². The average Bonchev–Trinajstić information content (AvgIpc) is 2.47. The molecule has 1 rings (SSSR count). The van der Waals surface area contributed by atoms with Crippen LogP contribution in [0.2, 0.25) is 0 Å². The fourth-order valence-corrected chi connectivity index (χ4v) is 2.18. The molecule has 5 heteroatoms. The lowest BCUT2D eigenvalue weighted by Gasteiger charge is -2.21. The van der Waals surface area contributed by atoms with E-state index in [0.29, 0.717) is 0 Å². The van der Waals surface area contributed by atoms with Crippen molar-refractivity contribution in [3.8, 4) is 0 Å². The van der Waals surface area contributed by atoms with E-state index < -0.39 is 17.7 Å². The normalized spacial score (nSPS) is 18.1. The smallest absolute Gasteiger partial charge is 0.302 e. The molecule has 1 atom stereocenters. The third kappa shape index (κ3) is 5.63. The van der Waals surface area contributed by atoms with Crippen LogP contribution in [0.1, 0.15) is 51.4 Å². The largest absolute Gasteiger partial charge is 0.318 e. The summed E-state index contributed by atoms with van der Waals surface area (Å²) in [6.07, 6.45) is 12.2. The van der Waals surface area contributed by atoms with E-state index in [1.165, 1.54) is 18.7 Å². The molecule has 0 aliphatic carbocycles. The highest BCUT2D eigenvalue weighted by atomic mass is 16.2. The van der Waals surface area contributed by atoms with Crippen LogP contribution in [0.3, 0.4) is 0 Å². The van der Waals surface area contributed by atoms with Gasteiger partial charge in [-0.05, 0) is 25.3 Å². The topological polar surface area (TPSA) is 80.5 Å². The molecule has 0 aromatic rings. The molecule has 0 saturated heterocycles. The zero-order chi connectivity index (χ0) is 15.7. The number of nitrogens with two attached hydrogens (primary N) is 1. The van der Waals surface area contributed by atoms with Crippen LogP contribution in [0.4, 0.5) is 0 Å². The minimum atomic E-state index is -0.919. The van der Waals surface area contributed by atoms with Gasteiger partial charge >= 0.3 is 5.91 Å². The second-order valence-electron chi connectivity index (χ2n) is 5.25. The fraction of sp³-hybridized carbons (Fsp3) is 0.562. The van der Waals surface area contributed by atoms with Crippen molar-refractivity contribution in [3.63, 3.8) is 0 Å². The molecule has 0 saturated carbocycles. The predicted molar refractivity (Wildman–Crippen MR) is 81.1 cm³/mol. The number of rotatable bonds is 9. The van der Waals surface area contributed by atoms with E-state index in [2.05, 4.69) is 6.58 Å². The monoisotopic (exact) mass is 292 g/mol. The van der Waals surface area contributed by atoms with Crippen molar-refractivity contribution >= 4 is 17.6 Å². The quantitative estimate of drug-likeness (QED) is 0.401. The Hall–Kier alpha value is -1.75. The second kappa shape index (κ2) is 9.23. The average molecular weight is 292 g/mol. The van der Waals surface area contributed by atoms with Crippen molar-refractivity contribution in [3.05, 3.63) is 24.9 Å². The number of hydrogen-bond donors (Lipinski definition) is 1. The molecule has 0 radical (unpaired) electrons. The van der Waals surface area contributed by atoms with E-state index in [9.17, 15) is 14.4 Å². The maximum Gasteiger partial charge on any atom is 0.302 e. The molecule has 21 heavy (non-hydrogen) atoms. The number of carbonyl (C=O) groups excluding carboxylic acids is 3. The SMILES string of the molecule is C=CCCCCCCCCC(=O)N1C=CC(N)C(=O)C1=O. The van der Waals surface area contributed by atoms with Crippen LogP contribution in [0.15, 0.2) is 24.9 Å². The molecule has 0 spiro atoms. The van der Waals surface area contributed by atoms with Gasteiger partial charge in [-0.3, -0.25) is 19.3 Å². The van der Waals surface area contributed by atoms with E-state index in [4.69, 9.17) is 5.73 Å². The first kappa shape index (κ1) is 17.3. The number of hydrogen-bond acceptors (Lipinski definition) is 4. The first-order valence-electron chi connectivity index (χ1n) is 7.53. The van der Waals surface area contributed by atoms with E-state index in [-0.39, 0.29) is 12.3 Å². The Morgan fingerprint density at radius 2 is 1.81 bits per heavy atom. The lowest BCUT2D eigenvalue weighted by Crippen LogP contribution is -2.47. The van der Waals surface area contributed by atoms with Crippen LogP contribution in [-0.2, 0) is 14.4 Å². The Balaban J connectivity index is 2.19. The Morgan fingerprint density at radius 3 is 2.48 bits per heavy atom. The van der Waals surface area contributed by atoms with E-state index >= 15 is 0 Å². The Morgan fingerprint density at radius 1 is 1.19 bits per heavy atom. The fourth-order valence-electron chi connectivity index (χ4n) is 2.18. The third-order valence-corrected chi connectivity index (χ3v) is 3.49. The van der Waals surface area contributed by atoms with Crippen molar-refractivity contribution in [2.45, 2.75) is 57.4 Å². The van der Waals surface area contributed by atoms with E-state index in [1.54, 1.807) is 0 Å². The molecular weight excluding hydrogens is 268 g/mol. The maximum absolute atomic E-state index is 11.9. The highest BCUT2D eigenvalue weighted by molar-refractivity contribution is 6.41. The summed E-state index contributed by atoms with van der Waals surface area (Å²) in [6, 6.07) is -0.919. The lowest BCUT2D eigenvalue weighted by molar-refractivity contribution is -0.150. The molecule has 0 fully saturated rings. The van der Waals surface area contributed by atoms with Gasteiger partial charge in [0.15, 0.2) is 0 Å². The number of unbranched alkanes of at least 4 members (excludes halogenated alkanes) is 6. The number of Topliss-reactive ketones (excluding diaryl/α,β-unsaturated/α-hetero) is 1. The minimum absolute atomic E-state index is 0.283. The number of nitrogens with zero attached hydrogens (tertiary/aromatic N) is 1. The Kier molecular flexibility index (Phi) is 7.61. The molecule has 2 N–H and O–H groups in total. The summed E-state index contributed by atoms with van der Waals surface area (Å²) in [5.41, 5.74) is 5.42. The molecule has 1 aliphatic heterocycles. The van der Waals surface area contributed by atoms with E-state index in [0.717, 1.165) is 43.4 Å². The summed E-state index contributed by atoms with van der Waals surface area (Å²) in [7, 11) is 0. The third-order valence-electron chi connectivity index (χ3n) is 3.49. The van der Waals surface area contributed by atoms with Gasteiger partial charge in [-0.15, -0.1) is 6.58 Å². The Labute approximate surface area is 125 Å². The first-order valence-corrected chi connectivity index (χ1v) is 7.53. The summed E-state index contributed by atoms with van der Waals surface area (Å²) < 4.78 is 0. The zero-order valence-corrected chi connectivity index (χ0v) is 12.4. The van der Waals surface area contributed by atoms with Crippen LogP contribution < -0.4 is 5.73 Å². The van der Waals surface area contributed by atoms with Crippen LogP contribution in [0, 0.1) is 0 Å². The van der Waals surface area contributed by atoms with Gasteiger partial charge in [-0.25, -0.2) is 0 Å². The number of allylic oxidation sites excluding steroid dienone is 1. The standard InChI is InChI=1S/C16H24N2O3/c1-2-3-4-5-6-7-8-9-10-14(19)18-12-11-13(17)15(20)16(18)21/h2,11-13H,1,3-10,17H2. The summed E-state index contributed by atoms with van der Waals surface area (Å²) in [5.74, 6) is -1.88. The van der Waals surface area contributed by atoms with Crippen LogP contribution in [0.5, 0.6) is 0 Å². The van der Waals surface area contributed by atoms with Crippen molar-refractivity contribution in [2.75, 3.05) is 0 Å². The summed E-state index contributed by atoms with van der Waals surface area (Å²) in [4.78, 5) is 35.8. The molecule has 2 amide bonds. The van der Waals surface area contributed by atoms with E-state index in [1.807, 2.05) is 6.08 Å². The second-order valence-corrected chi connectivity index (χ2v) is 5.25. The molecule has 0 aromatic heterocycles. The number of amides is 2. The summed E-state index contributed by atoms with van der Waals surface area (Å²) >= 11 is 0. The Bertz CT molecular complexity index is 429. The predicted octanol–water partition coefficient (Wildman–Crippen LogP) is 2.07. The van der Waals surface area contributed by atoms with Crippen molar-refractivity contribution in [1.29, 1.82) is 0 Å². The van der Waals surface area contributed by atoms with Gasteiger partial charge in [0.05, 0.1) is 6.04 Å². The molecule has 1 heterocycles. The van der Waals surface area contributed by atoms with Gasteiger partial charge in [0.1, 0.15) is 0 Å². The highest BCUT2D eigenvalue weighted by Crippen LogP contribution is 2.12. The molecular formula is C16H24N2O3. The molecule has 116 valence electrons. The van der Waals surface area contributed by atoms with Crippen molar-refractivity contribution in [1.82, 2.24) is 4.90 Å². The summed E-state index contributed by atoms with van der Waals surface area (Å²) in [5, 5.41) is 0. The van der Waals surface area contributed by atoms with Gasteiger partial charge < -0.3 is 5.73 Å². The van der Waals surface area contributed by atoms with Crippen LogP contribution in [0.25, 0.3) is 0 Å². The van der Waals surface area contributed by atoms with Crippen LogP contribution >= 0.6 is 0 Å². The number of imide groups is 1. The molecule has 0 bridgehead atoms. The summed E-state index contributed by atoms with van der Waals surface area (Å²) in [6.45, 7) is 3.68. The molecule has 1 unspecified atom stereocenters. The molecule has 0 aromatic carbocycles. The van der Waals surface area contributed by atoms with Crippen molar-refractivity contribution in [2.24, 2.45) is 5.73 Å². The maximum atomic E-state index is 11.9. The number of carbonyl (C=O) groups is 3. The van der Waals surface area contributed by atoms with Gasteiger partial charge in [0.2, 0.25) is 11.7 Å². The van der Waals surface area contributed by atoms with Crippen LogP contribution in [-0.4, -0.2) is 28.5 Å². The molecule has 1 aliphatic rings. The highest BCUT2D eigenvalue weighted by Gasteiger charge is 2.31. The first-order chi connectivity index (χ1) is 10.1. The number of ketones is 1. The van der Waals surface area contributed by atoms with Gasteiger partial charge in [-0.1, -0.05) is 31.8 Å². The minimum Gasteiger partial charge on any atom is -0.318 e. The zero-order valence-electron chi connectivity index (χ0n) is 12.4.